The van der Waals surface area contributed by atoms with Crippen LogP contribution in [0.1, 0.15) is 12.8 Å². The molecular formula is C11H21NO5. The van der Waals surface area contributed by atoms with Gasteiger partial charge in [-0.2, -0.15) is 0 Å². The van der Waals surface area contributed by atoms with E-state index in [1.807, 2.05) is 0 Å². The molecule has 2 saturated heterocycles. The number of rotatable bonds is 3. The molecule has 0 aromatic heterocycles. The Balaban J connectivity index is 1.98. The number of aliphatic hydroxyl groups excluding tert-OH is 4. The van der Waals surface area contributed by atoms with Crippen LogP contribution in [-0.2, 0) is 4.74 Å². The number of likely N-dealkylation sites (tertiary alicyclic amines) is 1. The first kappa shape index (κ1) is 13.2. The molecule has 4 N–H and O–H groups in total. The highest BCUT2D eigenvalue weighted by molar-refractivity contribution is 4.95. The van der Waals surface area contributed by atoms with E-state index in [-0.39, 0.29) is 19.3 Å². The molecule has 1 unspecified atom stereocenters. The summed E-state index contributed by atoms with van der Waals surface area (Å²) < 4.78 is 5.50. The van der Waals surface area contributed by atoms with Crippen molar-refractivity contribution in [2.75, 3.05) is 26.3 Å². The van der Waals surface area contributed by atoms with Crippen LogP contribution in [0.3, 0.4) is 0 Å². The van der Waals surface area contributed by atoms with Gasteiger partial charge in [-0.15, -0.1) is 0 Å². The van der Waals surface area contributed by atoms with Gasteiger partial charge in [0.15, 0.2) is 0 Å². The van der Waals surface area contributed by atoms with Crippen molar-refractivity contribution < 1.29 is 25.2 Å². The van der Waals surface area contributed by atoms with E-state index in [1.165, 1.54) is 0 Å². The minimum atomic E-state index is -1.19. The fourth-order valence-corrected chi connectivity index (χ4v) is 2.64. The quantitative estimate of drug-likeness (QED) is 0.457. The van der Waals surface area contributed by atoms with E-state index in [9.17, 15) is 20.4 Å². The van der Waals surface area contributed by atoms with E-state index in [0.717, 1.165) is 19.4 Å². The van der Waals surface area contributed by atoms with Crippen LogP contribution in [0.15, 0.2) is 0 Å². The fourth-order valence-electron chi connectivity index (χ4n) is 2.64. The smallest absolute Gasteiger partial charge is 0.109 e. The summed E-state index contributed by atoms with van der Waals surface area (Å²) in [6.07, 6.45) is -1.20. The van der Waals surface area contributed by atoms with Crippen LogP contribution in [0.4, 0.5) is 0 Å². The molecule has 2 fully saturated rings. The fraction of sp³-hybridized carbons (Fsp3) is 1.00. The molecule has 6 heteroatoms. The van der Waals surface area contributed by atoms with E-state index in [4.69, 9.17) is 4.74 Å². The summed E-state index contributed by atoms with van der Waals surface area (Å²) in [5, 5.41) is 38.3. The maximum atomic E-state index is 9.80. The summed E-state index contributed by atoms with van der Waals surface area (Å²) in [4.78, 5) is 1.80. The maximum absolute atomic E-state index is 9.80. The Morgan fingerprint density at radius 3 is 2.53 bits per heavy atom. The summed E-state index contributed by atoms with van der Waals surface area (Å²) >= 11 is 0. The largest absolute Gasteiger partial charge is 0.395 e. The van der Waals surface area contributed by atoms with Gasteiger partial charge in [0.05, 0.1) is 24.9 Å². The predicted octanol–water partition coefficient (Wildman–Crippen LogP) is -2.08. The summed E-state index contributed by atoms with van der Waals surface area (Å²) in [6, 6.07) is -0.530. The Labute approximate surface area is 100 Å². The average molecular weight is 247 g/mol. The molecule has 0 aliphatic carbocycles. The lowest BCUT2D eigenvalue weighted by Gasteiger charge is -2.43. The van der Waals surface area contributed by atoms with Crippen molar-refractivity contribution >= 4 is 0 Å². The zero-order chi connectivity index (χ0) is 12.4. The molecular weight excluding hydrogens is 226 g/mol. The lowest BCUT2D eigenvalue weighted by Crippen LogP contribution is -2.63. The van der Waals surface area contributed by atoms with Gasteiger partial charge in [-0.3, -0.25) is 4.90 Å². The number of β-amino-alcohol motifs (C(OH)–C–C–N with tert-alkyl or cyclic N) is 1. The third-order valence-electron chi connectivity index (χ3n) is 3.68. The van der Waals surface area contributed by atoms with Gasteiger partial charge < -0.3 is 25.2 Å². The topological polar surface area (TPSA) is 93.4 Å². The molecule has 17 heavy (non-hydrogen) atoms. The van der Waals surface area contributed by atoms with Crippen LogP contribution in [-0.4, -0.2) is 82.1 Å². The number of nitrogens with zero attached hydrogens (tertiary/aromatic N) is 1. The molecule has 2 rings (SSSR count). The number of aliphatic hydroxyl groups is 4. The number of hydrogen-bond donors (Lipinski definition) is 4. The molecule has 2 aliphatic rings. The third-order valence-corrected chi connectivity index (χ3v) is 3.68. The highest BCUT2D eigenvalue weighted by Gasteiger charge is 2.41. The van der Waals surface area contributed by atoms with Gasteiger partial charge in [0, 0.05) is 19.7 Å². The summed E-state index contributed by atoms with van der Waals surface area (Å²) in [7, 11) is 0. The molecule has 0 bridgehead atoms. The second-order valence-corrected chi connectivity index (χ2v) is 4.89. The third kappa shape index (κ3) is 2.78. The summed E-state index contributed by atoms with van der Waals surface area (Å²) in [5.41, 5.74) is 0. The zero-order valence-corrected chi connectivity index (χ0v) is 9.77. The van der Waals surface area contributed by atoms with Gasteiger partial charge in [0.1, 0.15) is 12.2 Å². The van der Waals surface area contributed by atoms with Crippen molar-refractivity contribution in [3.8, 4) is 0 Å². The predicted molar refractivity (Wildman–Crippen MR) is 59.4 cm³/mol. The second kappa shape index (κ2) is 5.60. The van der Waals surface area contributed by atoms with Gasteiger partial charge in [0.25, 0.3) is 0 Å². The Hall–Kier alpha value is -0.240. The van der Waals surface area contributed by atoms with E-state index in [0.29, 0.717) is 6.54 Å². The Morgan fingerprint density at radius 1 is 1.18 bits per heavy atom. The van der Waals surface area contributed by atoms with Crippen LogP contribution in [0.25, 0.3) is 0 Å². The molecule has 100 valence electrons. The molecule has 2 heterocycles. The minimum absolute atomic E-state index is 0.0960. The van der Waals surface area contributed by atoms with Gasteiger partial charge in [-0.05, 0) is 12.8 Å². The lowest BCUT2D eigenvalue weighted by molar-refractivity contribution is -0.150. The lowest BCUT2D eigenvalue weighted by atomic mass is 9.94. The molecule has 5 atom stereocenters. The van der Waals surface area contributed by atoms with Crippen molar-refractivity contribution in [2.24, 2.45) is 0 Å². The molecule has 0 aromatic rings. The van der Waals surface area contributed by atoms with Crippen molar-refractivity contribution in [2.45, 2.75) is 43.3 Å². The Morgan fingerprint density at radius 2 is 1.94 bits per heavy atom. The number of ether oxygens (including phenoxy) is 1. The first-order valence-electron chi connectivity index (χ1n) is 6.14. The van der Waals surface area contributed by atoms with Crippen LogP contribution < -0.4 is 0 Å². The average Bonchev–Trinajstić information content (AvgIpc) is 2.79. The van der Waals surface area contributed by atoms with E-state index in [2.05, 4.69) is 0 Å². The van der Waals surface area contributed by atoms with Gasteiger partial charge >= 0.3 is 0 Å². The second-order valence-electron chi connectivity index (χ2n) is 4.89. The van der Waals surface area contributed by atoms with Crippen LogP contribution in [0.5, 0.6) is 0 Å². The first-order chi connectivity index (χ1) is 8.13. The van der Waals surface area contributed by atoms with Crippen LogP contribution >= 0.6 is 0 Å². The Kier molecular flexibility index (Phi) is 4.35. The highest BCUT2D eigenvalue weighted by atomic mass is 16.5. The summed E-state index contributed by atoms with van der Waals surface area (Å²) in [6.45, 7) is 1.34. The van der Waals surface area contributed by atoms with Gasteiger partial charge in [-0.25, -0.2) is 0 Å². The standard InChI is InChI=1S/C11H21NO5/c13-6-8-10(15)11(16)9(14)5-12(8)4-7-2-1-3-17-7/h7-11,13-16H,1-6H2/t7?,8-,9+,10-,11-/m1/s1. The number of piperidine rings is 1. The number of hydrogen-bond acceptors (Lipinski definition) is 6. The Bertz CT molecular complexity index is 246. The normalized spacial score (nSPS) is 44.1. The van der Waals surface area contributed by atoms with Crippen molar-refractivity contribution in [1.82, 2.24) is 4.90 Å². The minimum Gasteiger partial charge on any atom is -0.395 e. The van der Waals surface area contributed by atoms with Crippen molar-refractivity contribution in [1.29, 1.82) is 0 Å². The molecule has 0 amide bonds. The van der Waals surface area contributed by atoms with Crippen molar-refractivity contribution in [3.05, 3.63) is 0 Å². The molecule has 0 aromatic carbocycles. The molecule has 6 nitrogen and oxygen atoms in total. The van der Waals surface area contributed by atoms with E-state index < -0.39 is 24.4 Å². The SMILES string of the molecule is OC[C@@H]1[C@@H](O)[C@H](O)[C@@H](O)CN1CC1CCCO1. The summed E-state index contributed by atoms with van der Waals surface area (Å²) in [5.74, 6) is 0. The molecule has 0 radical (unpaired) electrons. The molecule has 0 saturated carbocycles. The van der Waals surface area contributed by atoms with Crippen molar-refractivity contribution in [3.63, 3.8) is 0 Å². The first-order valence-corrected chi connectivity index (χ1v) is 6.14. The van der Waals surface area contributed by atoms with E-state index >= 15 is 0 Å². The van der Waals surface area contributed by atoms with Gasteiger partial charge in [0.2, 0.25) is 0 Å². The van der Waals surface area contributed by atoms with Crippen LogP contribution in [0, 0.1) is 0 Å². The van der Waals surface area contributed by atoms with Crippen LogP contribution in [0.2, 0.25) is 0 Å². The monoisotopic (exact) mass is 247 g/mol. The molecule has 0 spiro atoms. The maximum Gasteiger partial charge on any atom is 0.109 e. The van der Waals surface area contributed by atoms with Gasteiger partial charge in [-0.1, -0.05) is 0 Å². The molecule has 2 aliphatic heterocycles. The van der Waals surface area contributed by atoms with E-state index in [1.54, 1.807) is 4.90 Å². The zero-order valence-electron chi connectivity index (χ0n) is 9.77. The highest BCUT2D eigenvalue weighted by Crippen LogP contribution is 2.22.